The topological polar surface area (TPSA) is 401 Å². The Kier molecular flexibility index (Phi) is 32.2. The highest BCUT2D eigenvalue weighted by molar-refractivity contribution is 7.94. The van der Waals surface area contributed by atoms with Crippen LogP contribution in [0, 0.1) is 42.9 Å². The Morgan fingerprint density at radius 3 is 1.28 bits per heavy atom. The lowest BCUT2D eigenvalue weighted by Crippen LogP contribution is -2.47. The van der Waals surface area contributed by atoms with Crippen LogP contribution in [0.4, 0.5) is 22.7 Å². The Labute approximate surface area is 822 Å². The number of H-pyrrole nitrogens is 2. The molecule has 6 aliphatic rings. The number of fused-ring (bicyclic) bond motifs is 2. The first-order valence-corrected chi connectivity index (χ1v) is 54.6. The molecule has 4 aromatic heterocycles. The number of benzene rings is 6. The molecular weight excluding hydrogens is 1890 g/mol. The predicted octanol–water partition coefficient (Wildman–Crippen LogP) is 17.8. The van der Waals surface area contributed by atoms with Crippen molar-refractivity contribution in [3.63, 3.8) is 0 Å². The fourth-order valence-electron chi connectivity index (χ4n) is 18.9. The molecule has 0 bridgehead atoms. The Balaban J connectivity index is 0.000000211. The van der Waals surface area contributed by atoms with Crippen molar-refractivity contribution >= 4 is 142 Å². The Morgan fingerprint density at radius 2 is 0.906 bits per heavy atom. The first-order valence-electron chi connectivity index (χ1n) is 47.2. The number of halogens is 2. The second-order valence-electron chi connectivity index (χ2n) is 38.8. The lowest BCUT2D eigenvalue weighted by Gasteiger charge is -2.39. The van der Waals surface area contributed by atoms with Crippen molar-refractivity contribution in [1.29, 1.82) is 0 Å². The highest BCUT2D eigenvalue weighted by Gasteiger charge is 2.36. The van der Waals surface area contributed by atoms with Crippen molar-refractivity contribution in [1.82, 2.24) is 49.0 Å². The maximum atomic E-state index is 14.1. The minimum absolute atomic E-state index is 0.0153. The van der Waals surface area contributed by atoms with Gasteiger partial charge in [-0.1, -0.05) is 119 Å². The molecule has 0 unspecified atom stereocenters. The third-order valence-corrected chi connectivity index (χ3v) is 34.6. The number of nitro benzene ring substituents is 2. The van der Waals surface area contributed by atoms with E-state index in [2.05, 4.69) is 119 Å². The lowest BCUT2D eigenvalue weighted by molar-refractivity contribution is -0.386. The van der Waals surface area contributed by atoms with E-state index in [1.54, 1.807) is 55.7 Å². The van der Waals surface area contributed by atoms with Crippen LogP contribution in [-0.2, 0) is 61.9 Å². The average Bonchev–Trinajstić information content (AvgIpc) is 1.50. The summed E-state index contributed by atoms with van der Waals surface area (Å²) < 4.78 is 106. The number of rotatable bonds is 31. The third kappa shape index (κ3) is 26.5. The van der Waals surface area contributed by atoms with E-state index in [0.29, 0.717) is 148 Å². The van der Waals surface area contributed by atoms with E-state index in [9.17, 15) is 64.7 Å². The number of hydrogen-bond acceptors (Lipinski definition) is 24. The Morgan fingerprint density at radius 1 is 0.518 bits per heavy atom. The first-order chi connectivity index (χ1) is 66.2. The molecule has 8 heterocycles. The number of ether oxygens (including phenoxy) is 2. The number of nitrogens with zero attached hydrogens (tertiary/aromatic N) is 12. The van der Waals surface area contributed by atoms with Gasteiger partial charge in [-0.05, 0) is 207 Å². The van der Waals surface area contributed by atoms with Crippen LogP contribution in [0.3, 0.4) is 0 Å². The number of nitro groups is 2. The number of piperazine rings is 2. The number of carbonyl (C=O) groups excluding carboxylic acids is 4. The van der Waals surface area contributed by atoms with Crippen LogP contribution in [0.5, 0.6) is 23.0 Å². The lowest BCUT2D eigenvalue weighted by atomic mass is 9.72. The number of aromatic amines is 2. The van der Waals surface area contributed by atoms with Gasteiger partial charge in [-0.3, -0.25) is 49.2 Å². The molecule has 4 aliphatic heterocycles. The smallest absolute Gasteiger partial charge is 0.273 e. The maximum absolute atomic E-state index is 14.1. The quantitative estimate of drug-likeness (QED) is 0.0231. The van der Waals surface area contributed by atoms with Gasteiger partial charge >= 0.3 is 0 Å². The minimum atomic E-state index is -4.60. The highest BCUT2D eigenvalue weighted by Crippen LogP contribution is 2.47. The summed E-state index contributed by atoms with van der Waals surface area (Å²) in [4.78, 5) is 103. The molecular formula is C101H120Cl2N16O16S4. The molecule has 0 saturated carbocycles. The normalized spacial score (nSPS) is 18.1. The van der Waals surface area contributed by atoms with Crippen molar-refractivity contribution < 1.29 is 63.8 Å². The monoisotopic (exact) mass is 2010 g/mol. The summed E-state index contributed by atoms with van der Waals surface area (Å²) in [6.45, 7) is 27.5. The molecule has 16 rings (SSSR count). The van der Waals surface area contributed by atoms with Crippen molar-refractivity contribution in [3.8, 4) is 23.0 Å². The van der Waals surface area contributed by atoms with Crippen molar-refractivity contribution in [3.05, 3.63) is 245 Å². The fraction of sp³-hybridized carbons (Fsp3) is 0.426. The van der Waals surface area contributed by atoms with Gasteiger partial charge in [0, 0.05) is 208 Å². The molecule has 4 amide bonds. The van der Waals surface area contributed by atoms with Crippen LogP contribution in [0.25, 0.3) is 33.2 Å². The van der Waals surface area contributed by atoms with E-state index in [0.717, 1.165) is 122 Å². The molecule has 4 fully saturated rings. The zero-order chi connectivity index (χ0) is 98.9. The van der Waals surface area contributed by atoms with E-state index < -0.39 is 76.9 Å². The number of hydrogen-bond donors (Lipinski definition) is 4. The van der Waals surface area contributed by atoms with Gasteiger partial charge in [0.2, 0.25) is 0 Å². The molecule has 10 aromatic rings. The molecule has 738 valence electrons. The molecule has 2 atom stereocenters. The average molecular weight is 2010 g/mol. The molecule has 139 heavy (non-hydrogen) atoms. The predicted molar refractivity (Wildman–Crippen MR) is 544 cm³/mol. The van der Waals surface area contributed by atoms with Crippen LogP contribution in [0.15, 0.2) is 200 Å². The van der Waals surface area contributed by atoms with E-state index in [1.807, 2.05) is 50.2 Å². The number of aromatic nitrogens is 4. The Hall–Kier alpha value is -11.3. The molecule has 0 radical (unpaired) electrons. The van der Waals surface area contributed by atoms with Gasteiger partial charge in [-0.25, -0.2) is 44.7 Å². The summed E-state index contributed by atoms with van der Waals surface area (Å²) in [6, 6.07) is 41.0. The minimum Gasteiger partial charge on any atom is -0.455 e. The van der Waals surface area contributed by atoms with Crippen molar-refractivity contribution in [2.75, 3.05) is 138 Å². The van der Waals surface area contributed by atoms with Gasteiger partial charge in [0.1, 0.15) is 34.3 Å². The van der Waals surface area contributed by atoms with Gasteiger partial charge in [0.15, 0.2) is 0 Å². The van der Waals surface area contributed by atoms with Gasteiger partial charge in [0.05, 0.1) is 62.6 Å². The summed E-state index contributed by atoms with van der Waals surface area (Å²) in [5.74, 6) is -0.607. The Bertz CT molecular complexity index is 6870. The van der Waals surface area contributed by atoms with E-state index in [1.165, 1.54) is 89.1 Å². The number of pyridine rings is 2. The van der Waals surface area contributed by atoms with Crippen LogP contribution >= 0.6 is 23.2 Å². The SMILES string of the molecule is CC(=O)N=S1(=O)CCN(CC[C@H](C)Cc2ccc(S(=O)(=O)NC(=O)c3ccc(N4CCN(CC5=C(c6ccc(Cl)cc6)CC(C)(C)CC5)CC4)cc3Oc3cnc4[nH]ccc4c3)cc2[N+](=O)[O-])CC1.CCC(=O)N=S1(=O)CCN(CC[C@H](C)Cc2ccc(S(=O)(=O)NC(=O)c3ccc(N4CCN(CC5=C(c6ccc(Cl)cc6)CC(C)(C)CC5)CC4)cc3Oc3cnc4[nH]ccc4c3)cc2[N+](=O)[O-])CC1. The molecule has 4 N–H and O–H groups in total. The first kappa shape index (κ1) is 102. The van der Waals surface area contributed by atoms with Gasteiger partial charge in [-0.15, -0.1) is 0 Å². The maximum Gasteiger partial charge on any atom is 0.273 e. The number of allylic oxidation sites excluding steroid dienone is 2. The molecule has 2 aliphatic carbocycles. The molecule has 32 nitrogen and oxygen atoms in total. The molecule has 38 heteroatoms. The van der Waals surface area contributed by atoms with Crippen LogP contribution in [0.2, 0.25) is 10.0 Å². The van der Waals surface area contributed by atoms with Crippen molar-refractivity contribution in [2.45, 2.75) is 136 Å². The van der Waals surface area contributed by atoms with Gasteiger partial charge in [0.25, 0.3) is 55.1 Å². The summed E-state index contributed by atoms with van der Waals surface area (Å²) in [7, 11) is -14.3. The van der Waals surface area contributed by atoms with Crippen LogP contribution < -0.4 is 28.7 Å². The van der Waals surface area contributed by atoms with Crippen molar-refractivity contribution in [2.24, 2.45) is 31.4 Å². The number of carbonyl (C=O) groups is 4. The number of anilines is 2. The molecule has 4 saturated heterocycles. The number of amides is 4. The number of nitrogens with one attached hydrogen (secondary N) is 4. The second kappa shape index (κ2) is 43.8. The summed E-state index contributed by atoms with van der Waals surface area (Å²) >= 11 is 12.5. The van der Waals surface area contributed by atoms with Crippen LogP contribution in [0.1, 0.15) is 156 Å². The number of sulfonamides is 2. The van der Waals surface area contributed by atoms with E-state index in [-0.39, 0.29) is 69.0 Å². The highest BCUT2D eigenvalue weighted by atomic mass is 35.5. The van der Waals surface area contributed by atoms with E-state index >= 15 is 0 Å². The molecule has 6 aromatic carbocycles. The third-order valence-electron chi connectivity index (χ3n) is 27.1. The van der Waals surface area contributed by atoms with E-state index in [4.69, 9.17) is 32.7 Å². The fourth-order valence-corrected chi connectivity index (χ4v) is 25.1. The summed E-state index contributed by atoms with van der Waals surface area (Å²) in [5, 5.41) is 27.7. The van der Waals surface area contributed by atoms with Crippen LogP contribution in [-0.4, -0.2) is 226 Å². The largest absolute Gasteiger partial charge is 0.455 e. The van der Waals surface area contributed by atoms with Gasteiger partial charge in [-0.2, -0.15) is 8.73 Å². The zero-order valence-electron chi connectivity index (χ0n) is 79.5. The van der Waals surface area contributed by atoms with Gasteiger partial charge < -0.3 is 39.0 Å². The zero-order valence-corrected chi connectivity index (χ0v) is 84.3. The standard InChI is InChI=1S/C51H61ClN8O8S2.C50H59ClN8O8S2/c1-5-48(61)55-69(65)26-24-57(25-27-69)19-16-35(2)28-37-8-12-43(31-46(37)60(63)64)70(66,67)56-50(62)44-13-11-41(30-47(44)68-42-29-38-15-18-53-49(38)54-33-42)59-22-20-58(21-23-59)34-39-14-17-51(3,4)32-45(39)36-6-9-40(52)10-7-36;1-34(15-18-56-23-25-68(64,26-24-56)54-35(2)60)27-37-7-11-43(30-46(37)59(62)63)69(65,66)55-49(61)44-12-10-41(29-47(44)67-42-28-38-14-17-52-48(38)53-32-42)58-21-19-57(20-22-58)33-39-13-16-50(3,4)31-45(39)36-5-8-40(51)9-6-36/h6-13,15,18,29-31,33,35H,5,14,16-17,19-28,32,34H2,1-4H3,(H,53,54)(H,56,62);5-12,14,17,28-30,32,34H,13,15-16,18-27,31,33H2,1-4H3,(H,52,53)(H,55,61)/t35-;34-/m00/s1. The summed E-state index contributed by atoms with van der Waals surface area (Å²) in [6.07, 6.45) is 15.1. The second-order valence-corrected chi connectivity index (χ2v) is 48.1. The molecule has 0 spiro atoms. The summed E-state index contributed by atoms with van der Waals surface area (Å²) in [5.41, 5.74) is 11.3.